The van der Waals surface area contributed by atoms with Crippen molar-refractivity contribution in [2.75, 3.05) is 12.3 Å². The van der Waals surface area contributed by atoms with Crippen LogP contribution in [0.5, 0.6) is 0 Å². The Morgan fingerprint density at radius 2 is 2.17 bits per heavy atom. The lowest BCUT2D eigenvalue weighted by molar-refractivity contribution is -0.101. The Balaban J connectivity index is 2.25. The molecule has 0 radical (unpaired) electrons. The first-order chi connectivity index (χ1) is 11.0. The van der Waals surface area contributed by atoms with E-state index in [-0.39, 0.29) is 17.2 Å². The molecular formula is C13H12N6O4. The summed E-state index contributed by atoms with van der Waals surface area (Å²) in [6.45, 7) is -0.793. The van der Waals surface area contributed by atoms with E-state index in [1.165, 1.54) is 6.20 Å². The fourth-order valence-corrected chi connectivity index (χ4v) is 2.61. The van der Waals surface area contributed by atoms with E-state index >= 15 is 0 Å². The fourth-order valence-electron chi connectivity index (χ4n) is 2.61. The van der Waals surface area contributed by atoms with Crippen LogP contribution in [-0.4, -0.2) is 59.3 Å². The molecule has 3 heterocycles. The summed E-state index contributed by atoms with van der Waals surface area (Å²) in [6, 6.07) is 1.79. The van der Waals surface area contributed by atoms with Gasteiger partial charge in [0.15, 0.2) is 17.1 Å². The number of aliphatic hydroxyl groups is 3. The molecule has 1 fully saturated rings. The van der Waals surface area contributed by atoms with Crippen molar-refractivity contribution in [1.29, 1.82) is 5.26 Å². The van der Waals surface area contributed by atoms with Crippen LogP contribution in [0.1, 0.15) is 5.69 Å². The molecular weight excluding hydrogens is 304 g/mol. The van der Waals surface area contributed by atoms with Gasteiger partial charge in [0.1, 0.15) is 30.3 Å². The average Bonchev–Trinajstić information content (AvgIpc) is 3.09. The van der Waals surface area contributed by atoms with Gasteiger partial charge in [-0.2, -0.15) is 10.4 Å². The van der Waals surface area contributed by atoms with Crippen molar-refractivity contribution < 1.29 is 20.1 Å². The Morgan fingerprint density at radius 1 is 1.43 bits per heavy atom. The molecule has 0 bridgehead atoms. The van der Waals surface area contributed by atoms with Crippen LogP contribution in [0, 0.1) is 23.7 Å². The Kier molecular flexibility index (Phi) is 3.21. The number of imidazole rings is 1. The second kappa shape index (κ2) is 4.87. The van der Waals surface area contributed by atoms with Crippen LogP contribution in [0.4, 0.5) is 5.82 Å². The van der Waals surface area contributed by atoms with Gasteiger partial charge in [0.25, 0.3) is 0 Å². The SMILES string of the molecule is C#C[C@]1(CO)O[C@@](C#N)(c2cnc3c(N)ncnn23)[C@@H](O)C1O. The van der Waals surface area contributed by atoms with E-state index in [0.29, 0.717) is 0 Å². The number of hydrogen-bond donors (Lipinski definition) is 4. The van der Waals surface area contributed by atoms with Crippen molar-refractivity contribution >= 4 is 11.5 Å². The Labute approximate surface area is 129 Å². The van der Waals surface area contributed by atoms with Crippen LogP contribution < -0.4 is 5.73 Å². The maximum absolute atomic E-state index is 10.4. The highest BCUT2D eigenvalue weighted by atomic mass is 16.6. The number of aliphatic hydroxyl groups excluding tert-OH is 3. The number of nitrogens with zero attached hydrogens (tertiary/aromatic N) is 5. The number of ether oxygens (including phenoxy) is 1. The minimum Gasteiger partial charge on any atom is -0.392 e. The van der Waals surface area contributed by atoms with Crippen molar-refractivity contribution in [3.05, 3.63) is 18.2 Å². The van der Waals surface area contributed by atoms with Gasteiger partial charge < -0.3 is 25.8 Å². The summed E-state index contributed by atoms with van der Waals surface area (Å²) in [4.78, 5) is 7.76. The summed E-state index contributed by atoms with van der Waals surface area (Å²) in [6.07, 6.45) is 4.23. The summed E-state index contributed by atoms with van der Waals surface area (Å²) in [5.41, 5.74) is 1.80. The molecule has 118 valence electrons. The summed E-state index contributed by atoms with van der Waals surface area (Å²) >= 11 is 0. The van der Waals surface area contributed by atoms with Crippen LogP contribution in [0.15, 0.2) is 12.5 Å². The van der Waals surface area contributed by atoms with Crippen molar-refractivity contribution in [2.24, 2.45) is 0 Å². The van der Waals surface area contributed by atoms with Crippen LogP contribution in [0.25, 0.3) is 5.65 Å². The van der Waals surface area contributed by atoms with Gasteiger partial charge in [-0.25, -0.2) is 14.5 Å². The van der Waals surface area contributed by atoms with Gasteiger partial charge in [0.2, 0.25) is 5.60 Å². The Bertz CT molecular complexity index is 854. The molecule has 5 N–H and O–H groups in total. The van der Waals surface area contributed by atoms with Gasteiger partial charge in [-0.1, -0.05) is 5.92 Å². The zero-order chi connectivity index (χ0) is 16.8. The van der Waals surface area contributed by atoms with Gasteiger partial charge >= 0.3 is 0 Å². The largest absolute Gasteiger partial charge is 0.392 e. The molecule has 23 heavy (non-hydrogen) atoms. The maximum Gasteiger partial charge on any atom is 0.228 e. The number of terminal acetylenes is 1. The lowest BCUT2D eigenvalue weighted by Gasteiger charge is -2.25. The number of rotatable bonds is 2. The van der Waals surface area contributed by atoms with Crippen LogP contribution >= 0.6 is 0 Å². The number of nitriles is 1. The van der Waals surface area contributed by atoms with Gasteiger partial charge in [-0.15, -0.1) is 6.42 Å². The van der Waals surface area contributed by atoms with E-state index in [1.54, 1.807) is 6.07 Å². The quantitative estimate of drug-likeness (QED) is 0.440. The molecule has 0 aliphatic carbocycles. The zero-order valence-electron chi connectivity index (χ0n) is 11.7. The molecule has 1 aliphatic heterocycles. The highest BCUT2D eigenvalue weighted by Gasteiger charge is 2.64. The van der Waals surface area contributed by atoms with Crippen molar-refractivity contribution in [2.45, 2.75) is 23.4 Å². The molecule has 10 heteroatoms. The molecule has 2 aromatic heterocycles. The predicted molar refractivity (Wildman–Crippen MR) is 74.2 cm³/mol. The number of nitrogens with two attached hydrogens (primary N) is 1. The van der Waals surface area contributed by atoms with E-state index in [4.69, 9.17) is 16.9 Å². The van der Waals surface area contributed by atoms with Crippen LogP contribution in [0.2, 0.25) is 0 Å². The maximum atomic E-state index is 10.4. The molecule has 0 amide bonds. The minimum atomic E-state index is -2.09. The monoisotopic (exact) mass is 316 g/mol. The van der Waals surface area contributed by atoms with E-state index < -0.39 is 30.0 Å². The van der Waals surface area contributed by atoms with Gasteiger partial charge in [-0.3, -0.25) is 0 Å². The minimum absolute atomic E-state index is 0.00113. The third-order valence-electron chi connectivity index (χ3n) is 3.89. The standard InChI is InChI=1S/C13H12N6O4/c1-2-12(5-20)8(21)9(22)13(4-14,23-12)7-3-16-11-10(15)17-6-18-19(7)11/h1,3,6,8-9,20-22H,5H2,(H2,15,17,18)/t8?,9-,12+,13-/m0/s1. The summed E-state index contributed by atoms with van der Waals surface area (Å²) < 4.78 is 6.65. The number of nitrogen functional groups attached to an aromatic ring is 1. The fraction of sp³-hybridized carbons (Fsp3) is 0.385. The van der Waals surface area contributed by atoms with E-state index in [1.807, 2.05) is 0 Å². The molecule has 2 aromatic rings. The lowest BCUT2D eigenvalue weighted by atomic mass is 9.89. The number of hydrogen-bond acceptors (Lipinski definition) is 9. The summed E-state index contributed by atoms with van der Waals surface area (Å²) in [5, 5.41) is 43.6. The number of anilines is 1. The van der Waals surface area contributed by atoms with Crippen LogP contribution in [0.3, 0.4) is 0 Å². The summed E-state index contributed by atoms with van der Waals surface area (Å²) in [7, 11) is 0. The molecule has 0 saturated carbocycles. The summed E-state index contributed by atoms with van der Waals surface area (Å²) in [5.74, 6) is 2.15. The molecule has 3 rings (SSSR count). The molecule has 4 atom stereocenters. The van der Waals surface area contributed by atoms with Crippen molar-refractivity contribution in [1.82, 2.24) is 19.6 Å². The number of aromatic nitrogens is 4. The first kappa shape index (κ1) is 15.1. The molecule has 1 aliphatic rings. The predicted octanol–water partition coefficient (Wildman–Crippen LogP) is -2.46. The third kappa shape index (κ3) is 1.75. The van der Waals surface area contributed by atoms with E-state index in [2.05, 4.69) is 21.0 Å². The Morgan fingerprint density at radius 3 is 2.74 bits per heavy atom. The van der Waals surface area contributed by atoms with E-state index in [0.717, 1.165) is 10.8 Å². The molecule has 1 saturated heterocycles. The van der Waals surface area contributed by atoms with Crippen LogP contribution in [-0.2, 0) is 10.3 Å². The van der Waals surface area contributed by atoms with E-state index in [9.17, 15) is 20.6 Å². The highest BCUT2D eigenvalue weighted by Crippen LogP contribution is 2.44. The second-order valence-corrected chi connectivity index (χ2v) is 5.06. The molecule has 0 aromatic carbocycles. The smallest absolute Gasteiger partial charge is 0.228 e. The first-order valence-corrected chi connectivity index (χ1v) is 6.46. The zero-order valence-corrected chi connectivity index (χ0v) is 11.7. The topological polar surface area (TPSA) is 163 Å². The first-order valence-electron chi connectivity index (χ1n) is 6.46. The van der Waals surface area contributed by atoms with Crippen molar-refractivity contribution in [3.8, 4) is 18.4 Å². The third-order valence-corrected chi connectivity index (χ3v) is 3.89. The van der Waals surface area contributed by atoms with Gasteiger partial charge in [0.05, 0.1) is 12.8 Å². The average molecular weight is 316 g/mol. The molecule has 10 nitrogen and oxygen atoms in total. The molecule has 0 spiro atoms. The highest BCUT2D eigenvalue weighted by molar-refractivity contribution is 5.59. The number of fused-ring (bicyclic) bond motifs is 1. The van der Waals surface area contributed by atoms with Gasteiger partial charge in [-0.05, 0) is 0 Å². The van der Waals surface area contributed by atoms with Crippen molar-refractivity contribution in [3.63, 3.8) is 0 Å². The second-order valence-electron chi connectivity index (χ2n) is 5.06. The molecule has 1 unspecified atom stereocenters. The normalized spacial score (nSPS) is 33.4. The Hall–Kier alpha value is -2.76. The van der Waals surface area contributed by atoms with Gasteiger partial charge in [0, 0.05) is 0 Å². The lowest BCUT2D eigenvalue weighted by Crippen LogP contribution is -2.45.